The van der Waals surface area contributed by atoms with Crippen molar-refractivity contribution in [2.45, 2.75) is 106 Å². The Kier molecular flexibility index (Phi) is 12.0. The number of hydrogen-bond donors (Lipinski definition) is 1. The quantitative estimate of drug-likeness (QED) is 0.334. The summed E-state index contributed by atoms with van der Waals surface area (Å²) in [5.74, 6) is 0.0000795. The molecule has 0 aliphatic rings. The lowest BCUT2D eigenvalue weighted by atomic mass is 9.88. The second kappa shape index (κ2) is 12.2. The largest absolute Gasteiger partial charge is 0.380 e. The van der Waals surface area contributed by atoms with Gasteiger partial charge in [-0.3, -0.25) is 0 Å². The van der Waals surface area contributed by atoms with Crippen LogP contribution in [-0.4, -0.2) is 63.6 Å². The molecule has 0 amide bonds. The highest BCUT2D eigenvalue weighted by Gasteiger charge is 2.30. The summed E-state index contributed by atoms with van der Waals surface area (Å²) in [5, 5.41) is 0. The van der Waals surface area contributed by atoms with Crippen LogP contribution in [0, 0.1) is 10.8 Å². The number of carbonyl (C=O) groups excluding carboxylic acids is 1. The zero-order chi connectivity index (χ0) is 25.4. The van der Waals surface area contributed by atoms with Crippen molar-refractivity contribution in [3.8, 4) is 0 Å². The van der Waals surface area contributed by atoms with Crippen LogP contribution in [0.2, 0.25) is 0 Å². The molecule has 192 valence electrons. The summed E-state index contributed by atoms with van der Waals surface area (Å²) in [7, 11) is -3.53. The van der Waals surface area contributed by atoms with Crippen molar-refractivity contribution in [2.24, 2.45) is 10.8 Å². The topological polar surface area (TPSA) is 90.9 Å². The van der Waals surface area contributed by atoms with Crippen LogP contribution >= 0.6 is 0 Å². The van der Waals surface area contributed by atoms with Crippen LogP contribution in [0.4, 0.5) is 0 Å². The van der Waals surface area contributed by atoms with Gasteiger partial charge in [-0.15, -0.1) is 0 Å². The molecule has 0 heterocycles. The standard InChI is InChI=1S/C24H49NO6S/c1-19(2)31-23(8,9)12-13-30-24(10,11)18-32(27,28)25-15-22(6,7)17-29-16-21(4,5)14-20(3)26/h19,25H,12-18H2,1-11H3. The van der Waals surface area contributed by atoms with E-state index in [1.807, 2.05) is 55.4 Å². The molecule has 0 aromatic rings. The predicted octanol–water partition coefficient (Wildman–Crippen LogP) is 4.34. The second-order valence-electron chi connectivity index (χ2n) is 12.1. The number of ether oxygens (including phenoxy) is 3. The molecule has 0 fully saturated rings. The Morgan fingerprint density at radius 3 is 1.94 bits per heavy atom. The van der Waals surface area contributed by atoms with Crippen molar-refractivity contribution in [2.75, 3.05) is 32.1 Å². The first-order valence-corrected chi connectivity index (χ1v) is 13.2. The Morgan fingerprint density at radius 1 is 0.906 bits per heavy atom. The van der Waals surface area contributed by atoms with Gasteiger partial charge < -0.3 is 19.0 Å². The maximum Gasteiger partial charge on any atom is 0.214 e. The maximum absolute atomic E-state index is 12.7. The van der Waals surface area contributed by atoms with Crippen molar-refractivity contribution in [1.82, 2.24) is 4.72 Å². The van der Waals surface area contributed by atoms with Crippen LogP contribution < -0.4 is 4.72 Å². The van der Waals surface area contributed by atoms with E-state index in [0.29, 0.717) is 32.7 Å². The molecule has 7 nitrogen and oxygen atoms in total. The molecule has 0 atom stereocenters. The zero-order valence-electron chi connectivity index (χ0n) is 22.4. The smallest absolute Gasteiger partial charge is 0.214 e. The Bertz CT molecular complexity index is 681. The van der Waals surface area contributed by atoms with Crippen molar-refractivity contribution in [3.63, 3.8) is 0 Å². The van der Waals surface area contributed by atoms with Gasteiger partial charge in [0.05, 0.1) is 42.9 Å². The molecule has 0 spiro atoms. The highest BCUT2D eigenvalue weighted by Crippen LogP contribution is 2.24. The molecule has 8 heteroatoms. The summed E-state index contributed by atoms with van der Waals surface area (Å²) >= 11 is 0. The number of hydrogen-bond acceptors (Lipinski definition) is 6. The Hall–Kier alpha value is -0.540. The molecule has 0 aromatic heterocycles. The van der Waals surface area contributed by atoms with Gasteiger partial charge in [-0.2, -0.15) is 0 Å². The Morgan fingerprint density at radius 2 is 1.44 bits per heavy atom. The fraction of sp³-hybridized carbons (Fsp3) is 0.958. The van der Waals surface area contributed by atoms with E-state index < -0.39 is 15.6 Å². The van der Waals surface area contributed by atoms with Gasteiger partial charge in [0.25, 0.3) is 0 Å². The predicted molar refractivity (Wildman–Crippen MR) is 130 cm³/mol. The lowest BCUT2D eigenvalue weighted by Gasteiger charge is -2.31. The van der Waals surface area contributed by atoms with Crippen LogP contribution in [0.5, 0.6) is 0 Å². The number of Topliss-reactive ketones (excluding diaryl/α,β-unsaturated/α-hetero) is 1. The first kappa shape index (κ1) is 31.5. The van der Waals surface area contributed by atoms with Gasteiger partial charge in [0.15, 0.2) is 0 Å². The highest BCUT2D eigenvalue weighted by molar-refractivity contribution is 7.89. The minimum Gasteiger partial charge on any atom is -0.380 e. The zero-order valence-corrected chi connectivity index (χ0v) is 23.2. The summed E-state index contributed by atoms with van der Waals surface area (Å²) < 4.78 is 45.6. The highest BCUT2D eigenvalue weighted by atomic mass is 32.2. The monoisotopic (exact) mass is 479 g/mol. The van der Waals surface area contributed by atoms with E-state index in [0.717, 1.165) is 0 Å². The number of ketones is 1. The number of sulfonamides is 1. The molecule has 32 heavy (non-hydrogen) atoms. The molecule has 0 aliphatic carbocycles. The van der Waals surface area contributed by atoms with Gasteiger partial charge in [-0.25, -0.2) is 13.1 Å². The van der Waals surface area contributed by atoms with E-state index in [1.54, 1.807) is 20.8 Å². The third kappa shape index (κ3) is 16.1. The van der Waals surface area contributed by atoms with Crippen LogP contribution in [0.25, 0.3) is 0 Å². The Labute approximate surface area is 197 Å². The number of carbonyl (C=O) groups is 1. The second-order valence-corrected chi connectivity index (χ2v) is 13.9. The van der Waals surface area contributed by atoms with Crippen LogP contribution in [0.1, 0.15) is 89.0 Å². The molecule has 0 unspecified atom stereocenters. The van der Waals surface area contributed by atoms with Gasteiger partial charge in [0, 0.05) is 18.4 Å². The fourth-order valence-corrected chi connectivity index (χ4v) is 5.22. The van der Waals surface area contributed by atoms with Crippen molar-refractivity contribution < 1.29 is 27.4 Å². The van der Waals surface area contributed by atoms with Crippen molar-refractivity contribution in [1.29, 1.82) is 0 Å². The lowest BCUT2D eigenvalue weighted by molar-refractivity contribution is -0.120. The fourth-order valence-electron chi connectivity index (χ4n) is 3.51. The van der Waals surface area contributed by atoms with Gasteiger partial charge in [0.2, 0.25) is 10.0 Å². The lowest BCUT2D eigenvalue weighted by Crippen LogP contribution is -2.44. The molecule has 0 saturated heterocycles. The van der Waals surface area contributed by atoms with Crippen molar-refractivity contribution in [3.05, 3.63) is 0 Å². The average molecular weight is 480 g/mol. The van der Waals surface area contributed by atoms with Crippen LogP contribution in [0.3, 0.4) is 0 Å². The molecule has 0 aliphatic heterocycles. The van der Waals surface area contributed by atoms with E-state index in [2.05, 4.69) is 4.72 Å². The van der Waals surface area contributed by atoms with E-state index in [-0.39, 0.29) is 40.6 Å². The molecular weight excluding hydrogens is 430 g/mol. The third-order valence-corrected chi connectivity index (χ3v) is 6.43. The van der Waals surface area contributed by atoms with Crippen LogP contribution in [-0.2, 0) is 29.0 Å². The van der Waals surface area contributed by atoms with E-state index >= 15 is 0 Å². The molecule has 0 rings (SSSR count). The molecule has 0 saturated carbocycles. The molecule has 0 aromatic carbocycles. The van der Waals surface area contributed by atoms with E-state index in [9.17, 15) is 13.2 Å². The summed E-state index contributed by atoms with van der Waals surface area (Å²) in [5.41, 5.74) is -1.78. The SMILES string of the molecule is CC(=O)CC(C)(C)COCC(C)(C)CNS(=O)(=O)CC(C)(C)OCCC(C)(C)OC(C)C. The van der Waals surface area contributed by atoms with Gasteiger partial charge in [-0.1, -0.05) is 27.7 Å². The minimum atomic E-state index is -3.53. The summed E-state index contributed by atoms with van der Waals surface area (Å²) in [6.07, 6.45) is 1.25. The summed E-state index contributed by atoms with van der Waals surface area (Å²) in [6.45, 7) is 22.5. The molecule has 0 radical (unpaired) electrons. The van der Waals surface area contributed by atoms with Crippen LogP contribution in [0.15, 0.2) is 0 Å². The molecule has 0 bridgehead atoms. The maximum atomic E-state index is 12.7. The first-order valence-electron chi connectivity index (χ1n) is 11.5. The van der Waals surface area contributed by atoms with E-state index in [1.165, 1.54) is 0 Å². The molecule has 1 N–H and O–H groups in total. The minimum absolute atomic E-state index is 0.120. The van der Waals surface area contributed by atoms with Crippen molar-refractivity contribution >= 4 is 15.8 Å². The number of nitrogens with one attached hydrogen (secondary N) is 1. The number of rotatable bonds is 17. The van der Waals surface area contributed by atoms with Gasteiger partial charge >= 0.3 is 0 Å². The van der Waals surface area contributed by atoms with Gasteiger partial charge in [0.1, 0.15) is 5.78 Å². The summed E-state index contributed by atoms with van der Waals surface area (Å²) in [6, 6.07) is 0. The normalized spacial score (nSPS) is 14.2. The average Bonchev–Trinajstić information content (AvgIpc) is 2.48. The Balaban J connectivity index is 4.57. The first-order chi connectivity index (χ1) is 14.2. The third-order valence-electron chi connectivity index (χ3n) is 4.77. The van der Waals surface area contributed by atoms with E-state index in [4.69, 9.17) is 14.2 Å². The molecular formula is C24H49NO6S. The summed E-state index contributed by atoms with van der Waals surface area (Å²) in [4.78, 5) is 11.4. The van der Waals surface area contributed by atoms with Gasteiger partial charge in [-0.05, 0) is 60.3 Å².